The summed E-state index contributed by atoms with van der Waals surface area (Å²) in [5, 5.41) is 7.37. The Kier molecular flexibility index (Phi) is 5.99. The number of hydrogen-bond donors (Lipinski definition) is 1. The van der Waals surface area contributed by atoms with Crippen LogP contribution < -0.4 is 5.32 Å². The predicted octanol–water partition coefficient (Wildman–Crippen LogP) is 2.85. The van der Waals surface area contributed by atoms with Crippen LogP contribution in [0.15, 0.2) is 48.8 Å². The smallest absolute Gasteiger partial charge is 0.224 e. The van der Waals surface area contributed by atoms with Crippen molar-refractivity contribution in [3.63, 3.8) is 0 Å². The minimum absolute atomic E-state index is 0.0706. The van der Waals surface area contributed by atoms with Crippen LogP contribution in [0.2, 0.25) is 0 Å². The van der Waals surface area contributed by atoms with E-state index >= 15 is 0 Å². The van der Waals surface area contributed by atoms with Crippen molar-refractivity contribution < 1.29 is 13.9 Å². The molecule has 0 saturated carbocycles. The minimum atomic E-state index is -0.398. The van der Waals surface area contributed by atoms with Crippen LogP contribution in [0, 0.1) is 12.7 Å². The number of carbonyl (C=O) groups excluding carboxylic acids is 1. The van der Waals surface area contributed by atoms with E-state index in [9.17, 15) is 9.18 Å². The molecular weight excluding hydrogens is 387 g/mol. The van der Waals surface area contributed by atoms with Gasteiger partial charge in [0.05, 0.1) is 30.7 Å². The number of rotatable bonds is 6. The number of hydrogen-bond acceptors (Lipinski definition) is 6. The molecule has 0 unspecified atom stereocenters. The molecule has 30 heavy (non-hydrogen) atoms. The number of aryl methyl sites for hydroxylation is 2. The van der Waals surface area contributed by atoms with E-state index in [4.69, 9.17) is 4.74 Å². The topological polar surface area (TPSA) is 85.2 Å². The first-order valence-electron chi connectivity index (χ1n) is 9.82. The Morgan fingerprint density at radius 2 is 2.17 bits per heavy atom. The summed E-state index contributed by atoms with van der Waals surface area (Å²) in [5.74, 6) is 0.746. The Bertz CT molecular complexity index is 1010. The van der Waals surface area contributed by atoms with E-state index in [0.29, 0.717) is 44.3 Å². The van der Waals surface area contributed by atoms with Crippen LogP contribution in [0.4, 0.5) is 16.0 Å². The lowest BCUT2D eigenvalue weighted by atomic mass is 10.1. The number of carbonyl (C=O) groups is 1. The highest BCUT2D eigenvalue weighted by Gasteiger charge is 2.26. The highest BCUT2D eigenvalue weighted by atomic mass is 19.1. The van der Waals surface area contributed by atoms with E-state index in [1.54, 1.807) is 16.8 Å². The van der Waals surface area contributed by atoms with Gasteiger partial charge in [0.2, 0.25) is 5.91 Å². The van der Waals surface area contributed by atoms with Crippen LogP contribution in [-0.2, 0) is 16.1 Å². The molecule has 4 heterocycles. The Labute approximate surface area is 173 Å². The molecule has 3 aromatic heterocycles. The zero-order chi connectivity index (χ0) is 20.9. The van der Waals surface area contributed by atoms with E-state index in [-0.39, 0.29) is 12.0 Å². The van der Waals surface area contributed by atoms with Crippen molar-refractivity contribution in [2.24, 2.45) is 0 Å². The van der Waals surface area contributed by atoms with Crippen molar-refractivity contribution in [2.75, 3.05) is 25.0 Å². The summed E-state index contributed by atoms with van der Waals surface area (Å²) in [6, 6.07) is 10.3. The molecule has 9 heteroatoms. The first kappa shape index (κ1) is 20.0. The number of nitrogens with zero attached hydrogens (tertiary/aromatic N) is 5. The Morgan fingerprint density at radius 3 is 2.93 bits per heavy atom. The fourth-order valence-corrected chi connectivity index (χ4v) is 3.29. The Hall–Kier alpha value is -3.33. The van der Waals surface area contributed by atoms with Crippen LogP contribution in [0.3, 0.4) is 0 Å². The standard InChI is InChI=1S/C21H23FN6O2/c1-15-7-9-28(26-15)10-8-21(29)27-11-12-30-18(14-27)17-3-2-4-20(24-17)25-19-6-5-16(22)13-23-19/h2-7,9,13,18H,8,10-12,14H2,1H3,(H,23,24,25)/t18-/m1/s1. The molecule has 1 fully saturated rings. The van der Waals surface area contributed by atoms with Crippen LogP contribution in [0.1, 0.15) is 23.9 Å². The summed E-state index contributed by atoms with van der Waals surface area (Å²) >= 11 is 0. The Balaban J connectivity index is 1.37. The fraction of sp³-hybridized carbons (Fsp3) is 0.333. The normalized spacial score (nSPS) is 16.5. The summed E-state index contributed by atoms with van der Waals surface area (Å²) in [4.78, 5) is 23.0. The average Bonchev–Trinajstić information content (AvgIpc) is 3.19. The van der Waals surface area contributed by atoms with Crippen LogP contribution >= 0.6 is 0 Å². The van der Waals surface area contributed by atoms with Crippen LogP contribution in [0.5, 0.6) is 0 Å². The molecule has 1 N–H and O–H groups in total. The SMILES string of the molecule is Cc1ccn(CCC(=O)N2CCO[C@@H](c3cccc(Nc4ccc(F)cn4)n3)C2)n1. The van der Waals surface area contributed by atoms with Gasteiger partial charge in [-0.1, -0.05) is 6.07 Å². The zero-order valence-electron chi connectivity index (χ0n) is 16.7. The van der Waals surface area contributed by atoms with Gasteiger partial charge >= 0.3 is 0 Å². The van der Waals surface area contributed by atoms with Crippen molar-refractivity contribution in [2.45, 2.75) is 26.0 Å². The van der Waals surface area contributed by atoms with Gasteiger partial charge < -0.3 is 15.0 Å². The number of morpholine rings is 1. The highest BCUT2D eigenvalue weighted by molar-refractivity contribution is 5.76. The lowest BCUT2D eigenvalue weighted by Crippen LogP contribution is -2.42. The first-order chi connectivity index (χ1) is 14.6. The molecule has 1 saturated heterocycles. The van der Waals surface area contributed by atoms with E-state index in [1.807, 2.05) is 36.2 Å². The number of aromatic nitrogens is 4. The third-order valence-electron chi connectivity index (χ3n) is 4.83. The van der Waals surface area contributed by atoms with Gasteiger partial charge in [0, 0.05) is 25.7 Å². The van der Waals surface area contributed by atoms with Gasteiger partial charge in [-0.25, -0.2) is 14.4 Å². The fourth-order valence-electron chi connectivity index (χ4n) is 3.29. The molecular formula is C21H23FN6O2. The zero-order valence-corrected chi connectivity index (χ0v) is 16.7. The second-order valence-corrected chi connectivity index (χ2v) is 7.10. The van der Waals surface area contributed by atoms with Crippen LogP contribution in [-0.4, -0.2) is 50.3 Å². The molecule has 4 rings (SSSR count). The van der Waals surface area contributed by atoms with E-state index in [2.05, 4.69) is 20.4 Å². The molecule has 0 aromatic carbocycles. The summed E-state index contributed by atoms with van der Waals surface area (Å²) < 4.78 is 20.7. The molecule has 0 spiro atoms. The number of pyridine rings is 2. The minimum Gasteiger partial charge on any atom is -0.368 e. The van der Waals surface area contributed by atoms with Gasteiger partial charge in [-0.2, -0.15) is 5.10 Å². The predicted molar refractivity (Wildman–Crippen MR) is 109 cm³/mol. The van der Waals surface area contributed by atoms with Gasteiger partial charge in [0.25, 0.3) is 0 Å². The Morgan fingerprint density at radius 1 is 1.27 bits per heavy atom. The molecule has 156 valence electrons. The largest absolute Gasteiger partial charge is 0.368 e. The van der Waals surface area contributed by atoms with Crippen molar-refractivity contribution >= 4 is 17.5 Å². The maximum Gasteiger partial charge on any atom is 0.224 e. The van der Waals surface area contributed by atoms with Gasteiger partial charge in [-0.05, 0) is 37.3 Å². The third-order valence-corrected chi connectivity index (χ3v) is 4.83. The van der Waals surface area contributed by atoms with E-state index in [1.165, 1.54) is 6.07 Å². The summed E-state index contributed by atoms with van der Waals surface area (Å²) in [7, 11) is 0. The highest BCUT2D eigenvalue weighted by Crippen LogP contribution is 2.23. The number of amides is 1. The van der Waals surface area contributed by atoms with Crippen molar-refractivity contribution in [3.05, 3.63) is 66.0 Å². The summed E-state index contributed by atoms with van der Waals surface area (Å²) in [6.07, 6.45) is 3.10. The van der Waals surface area contributed by atoms with Crippen molar-refractivity contribution in [1.29, 1.82) is 0 Å². The van der Waals surface area contributed by atoms with E-state index < -0.39 is 5.82 Å². The van der Waals surface area contributed by atoms with Crippen molar-refractivity contribution in [3.8, 4) is 0 Å². The molecule has 8 nitrogen and oxygen atoms in total. The van der Waals surface area contributed by atoms with Gasteiger partial charge in [-0.15, -0.1) is 0 Å². The maximum absolute atomic E-state index is 13.0. The molecule has 1 aliphatic rings. The molecule has 0 radical (unpaired) electrons. The molecule has 1 aliphatic heterocycles. The summed E-state index contributed by atoms with van der Waals surface area (Å²) in [5.41, 5.74) is 1.66. The molecule has 0 bridgehead atoms. The maximum atomic E-state index is 13.0. The van der Waals surface area contributed by atoms with Gasteiger partial charge in [0.15, 0.2) is 0 Å². The number of halogens is 1. The quantitative estimate of drug-likeness (QED) is 0.673. The lowest BCUT2D eigenvalue weighted by molar-refractivity contribution is -0.139. The molecule has 1 amide bonds. The monoisotopic (exact) mass is 410 g/mol. The number of nitrogens with one attached hydrogen (secondary N) is 1. The summed E-state index contributed by atoms with van der Waals surface area (Å²) in [6.45, 7) is 3.94. The van der Waals surface area contributed by atoms with Gasteiger partial charge in [0.1, 0.15) is 23.6 Å². The second kappa shape index (κ2) is 9.00. The van der Waals surface area contributed by atoms with E-state index in [0.717, 1.165) is 17.6 Å². The second-order valence-electron chi connectivity index (χ2n) is 7.10. The molecule has 1 atom stereocenters. The lowest BCUT2D eigenvalue weighted by Gasteiger charge is -2.33. The first-order valence-corrected chi connectivity index (χ1v) is 9.82. The number of ether oxygens (including phenoxy) is 1. The molecule has 0 aliphatic carbocycles. The van der Waals surface area contributed by atoms with Crippen molar-refractivity contribution in [1.82, 2.24) is 24.6 Å². The third kappa shape index (κ3) is 4.98. The van der Waals surface area contributed by atoms with Crippen LogP contribution in [0.25, 0.3) is 0 Å². The number of anilines is 2. The average molecular weight is 410 g/mol. The van der Waals surface area contributed by atoms with Gasteiger partial charge in [-0.3, -0.25) is 9.48 Å². The molecule has 3 aromatic rings.